The molecule has 3 heterocycles. The summed E-state index contributed by atoms with van der Waals surface area (Å²) in [5.41, 5.74) is 3.06. The molecule has 0 amide bonds. The van der Waals surface area contributed by atoms with Crippen LogP contribution < -0.4 is 10.6 Å². The number of nitrogens with one attached hydrogen (secondary N) is 2. The normalized spacial score (nSPS) is 16.3. The summed E-state index contributed by atoms with van der Waals surface area (Å²) in [6.45, 7) is 4.28. The molecule has 5 nitrogen and oxygen atoms in total. The Balaban J connectivity index is 1.87. The number of hydrogen-bond donors (Lipinski definition) is 2. The molecule has 20 heavy (non-hydrogen) atoms. The van der Waals surface area contributed by atoms with Gasteiger partial charge in [-0.25, -0.2) is 0 Å². The fourth-order valence-corrected chi connectivity index (χ4v) is 2.74. The molecule has 5 heteroatoms. The number of piperidine rings is 1. The van der Waals surface area contributed by atoms with Crippen molar-refractivity contribution in [3.05, 3.63) is 30.0 Å². The van der Waals surface area contributed by atoms with Crippen molar-refractivity contribution in [3.8, 4) is 11.4 Å². The predicted molar refractivity (Wildman–Crippen MR) is 80.7 cm³/mol. The minimum atomic E-state index is 0.530. The van der Waals surface area contributed by atoms with Gasteiger partial charge < -0.3 is 10.6 Å². The predicted octanol–water partition coefficient (Wildman–Crippen LogP) is 1.95. The lowest BCUT2D eigenvalue weighted by molar-refractivity contribution is 0.476. The molecule has 2 aromatic heterocycles. The summed E-state index contributed by atoms with van der Waals surface area (Å²) < 4.78 is 1.93. The Labute approximate surface area is 119 Å². The van der Waals surface area contributed by atoms with E-state index in [1.807, 2.05) is 36.1 Å². The minimum Gasteiger partial charge on any atom is -0.367 e. The summed E-state index contributed by atoms with van der Waals surface area (Å²) in [6.07, 6.45) is 4.12. The molecule has 0 atom stereocenters. The highest BCUT2D eigenvalue weighted by atomic mass is 15.3. The summed E-state index contributed by atoms with van der Waals surface area (Å²) in [5.74, 6) is 1.11. The quantitative estimate of drug-likeness (QED) is 0.896. The van der Waals surface area contributed by atoms with Crippen LogP contribution in [0.4, 0.5) is 5.82 Å². The summed E-state index contributed by atoms with van der Waals surface area (Å²) in [5, 5.41) is 11.7. The summed E-state index contributed by atoms with van der Waals surface area (Å²) in [6, 6.07) is 6.46. The zero-order chi connectivity index (χ0) is 13.9. The van der Waals surface area contributed by atoms with Crippen LogP contribution in [0.15, 0.2) is 24.4 Å². The molecule has 0 aromatic carbocycles. The number of rotatable bonds is 3. The highest BCUT2D eigenvalue weighted by molar-refractivity contribution is 5.66. The van der Waals surface area contributed by atoms with Crippen LogP contribution in [0.2, 0.25) is 0 Å². The van der Waals surface area contributed by atoms with Gasteiger partial charge in [0.2, 0.25) is 0 Å². The van der Waals surface area contributed by atoms with Crippen LogP contribution in [0.25, 0.3) is 11.4 Å². The average molecular weight is 271 g/mol. The second kappa shape index (κ2) is 5.63. The van der Waals surface area contributed by atoms with Crippen molar-refractivity contribution in [1.82, 2.24) is 20.1 Å². The van der Waals surface area contributed by atoms with E-state index in [2.05, 4.69) is 27.6 Å². The number of pyridine rings is 1. The topological polar surface area (TPSA) is 54.8 Å². The maximum Gasteiger partial charge on any atom is 0.127 e. The third kappa shape index (κ3) is 2.54. The first-order valence-corrected chi connectivity index (χ1v) is 7.18. The van der Waals surface area contributed by atoms with Crippen molar-refractivity contribution in [3.63, 3.8) is 0 Å². The van der Waals surface area contributed by atoms with E-state index in [1.165, 1.54) is 5.56 Å². The third-order valence-corrected chi connectivity index (χ3v) is 3.87. The number of anilines is 1. The smallest absolute Gasteiger partial charge is 0.127 e. The molecule has 1 fully saturated rings. The SMILES string of the molecule is Cc1c(-c2ccccn2)nn(C)c1NC1CCNCC1. The summed E-state index contributed by atoms with van der Waals surface area (Å²) in [7, 11) is 1.99. The number of nitrogens with zero attached hydrogens (tertiary/aromatic N) is 3. The average Bonchev–Trinajstić information content (AvgIpc) is 2.77. The van der Waals surface area contributed by atoms with Crippen molar-refractivity contribution in [2.45, 2.75) is 25.8 Å². The fraction of sp³-hybridized carbons (Fsp3) is 0.467. The highest BCUT2D eigenvalue weighted by Gasteiger charge is 2.19. The van der Waals surface area contributed by atoms with Crippen LogP contribution in [0, 0.1) is 6.92 Å². The van der Waals surface area contributed by atoms with E-state index in [1.54, 1.807) is 0 Å². The van der Waals surface area contributed by atoms with Gasteiger partial charge in [-0.05, 0) is 45.0 Å². The van der Waals surface area contributed by atoms with Gasteiger partial charge in [0.25, 0.3) is 0 Å². The van der Waals surface area contributed by atoms with Crippen LogP contribution >= 0.6 is 0 Å². The molecule has 2 aromatic rings. The number of aromatic nitrogens is 3. The molecule has 0 bridgehead atoms. The molecule has 0 radical (unpaired) electrons. The second-order valence-electron chi connectivity index (χ2n) is 5.33. The van der Waals surface area contributed by atoms with Crippen molar-refractivity contribution in [1.29, 1.82) is 0 Å². The Bertz CT molecular complexity index is 569. The maximum atomic E-state index is 4.62. The van der Waals surface area contributed by atoms with Gasteiger partial charge in [0.15, 0.2) is 0 Å². The van der Waals surface area contributed by atoms with E-state index in [-0.39, 0.29) is 0 Å². The van der Waals surface area contributed by atoms with Crippen molar-refractivity contribution in [2.75, 3.05) is 18.4 Å². The molecule has 1 aliphatic rings. The van der Waals surface area contributed by atoms with E-state index >= 15 is 0 Å². The zero-order valence-electron chi connectivity index (χ0n) is 12.1. The first-order chi connectivity index (χ1) is 9.75. The molecular formula is C15H21N5. The van der Waals surface area contributed by atoms with Crippen molar-refractivity contribution < 1.29 is 0 Å². The maximum absolute atomic E-state index is 4.62. The van der Waals surface area contributed by atoms with Crippen molar-refractivity contribution in [2.24, 2.45) is 7.05 Å². The summed E-state index contributed by atoms with van der Waals surface area (Å²) >= 11 is 0. The molecule has 0 spiro atoms. The molecule has 1 aliphatic heterocycles. The molecule has 0 unspecified atom stereocenters. The van der Waals surface area contributed by atoms with E-state index in [9.17, 15) is 0 Å². The van der Waals surface area contributed by atoms with Gasteiger partial charge in [-0.15, -0.1) is 0 Å². The van der Waals surface area contributed by atoms with Crippen LogP contribution in [0.1, 0.15) is 18.4 Å². The largest absolute Gasteiger partial charge is 0.367 e. The van der Waals surface area contributed by atoms with Crippen molar-refractivity contribution >= 4 is 5.82 Å². The monoisotopic (exact) mass is 271 g/mol. The van der Waals surface area contributed by atoms with Gasteiger partial charge >= 0.3 is 0 Å². The number of hydrogen-bond acceptors (Lipinski definition) is 4. The first kappa shape index (κ1) is 13.1. The van der Waals surface area contributed by atoms with Gasteiger partial charge in [-0.2, -0.15) is 5.10 Å². The van der Waals surface area contributed by atoms with Crippen LogP contribution in [0.5, 0.6) is 0 Å². The van der Waals surface area contributed by atoms with E-state index < -0.39 is 0 Å². The van der Waals surface area contributed by atoms with Crippen LogP contribution in [-0.4, -0.2) is 33.9 Å². The molecule has 0 saturated carbocycles. The van der Waals surface area contributed by atoms with E-state index in [0.717, 1.165) is 43.1 Å². The third-order valence-electron chi connectivity index (χ3n) is 3.87. The Morgan fingerprint density at radius 1 is 1.30 bits per heavy atom. The van der Waals surface area contributed by atoms with E-state index in [4.69, 9.17) is 0 Å². The summed E-state index contributed by atoms with van der Waals surface area (Å²) in [4.78, 5) is 4.40. The highest BCUT2D eigenvalue weighted by Crippen LogP contribution is 2.27. The van der Waals surface area contributed by atoms with Gasteiger partial charge in [0, 0.05) is 24.8 Å². The molecule has 1 saturated heterocycles. The fourth-order valence-electron chi connectivity index (χ4n) is 2.74. The van der Waals surface area contributed by atoms with E-state index in [0.29, 0.717) is 6.04 Å². The minimum absolute atomic E-state index is 0.530. The molecular weight excluding hydrogens is 250 g/mol. The molecule has 2 N–H and O–H groups in total. The molecule has 3 rings (SSSR count). The number of aryl methyl sites for hydroxylation is 1. The zero-order valence-corrected chi connectivity index (χ0v) is 12.1. The van der Waals surface area contributed by atoms with Gasteiger partial charge in [-0.1, -0.05) is 6.07 Å². The lowest BCUT2D eigenvalue weighted by Crippen LogP contribution is -2.35. The Kier molecular flexibility index (Phi) is 3.69. The Morgan fingerprint density at radius 3 is 2.80 bits per heavy atom. The molecule has 106 valence electrons. The molecule has 0 aliphatic carbocycles. The van der Waals surface area contributed by atoms with Gasteiger partial charge in [0.1, 0.15) is 11.5 Å². The van der Waals surface area contributed by atoms with Crippen LogP contribution in [0.3, 0.4) is 0 Å². The standard InChI is InChI=1S/C15H21N5/c1-11-14(13-5-3-4-8-17-13)19-20(2)15(11)18-12-6-9-16-10-7-12/h3-5,8,12,16,18H,6-7,9-10H2,1-2H3. The lowest BCUT2D eigenvalue weighted by atomic mass is 10.1. The second-order valence-corrected chi connectivity index (χ2v) is 5.33. The van der Waals surface area contributed by atoms with Crippen LogP contribution in [-0.2, 0) is 7.05 Å². The Morgan fingerprint density at radius 2 is 2.10 bits per heavy atom. The van der Waals surface area contributed by atoms with Gasteiger partial charge in [0.05, 0.1) is 5.69 Å². The van der Waals surface area contributed by atoms with Gasteiger partial charge in [-0.3, -0.25) is 9.67 Å². The lowest BCUT2D eigenvalue weighted by Gasteiger charge is -2.24. The first-order valence-electron chi connectivity index (χ1n) is 7.18. The Hall–Kier alpha value is -1.88.